The van der Waals surface area contributed by atoms with Crippen molar-refractivity contribution in [2.75, 3.05) is 26.1 Å². The summed E-state index contributed by atoms with van der Waals surface area (Å²) in [6.45, 7) is 3.83. The Bertz CT molecular complexity index is 2010. The summed E-state index contributed by atoms with van der Waals surface area (Å²) < 4.78 is 57.9. The molecular weight excluding hydrogens is 821 g/mol. The predicted octanol–water partition coefficient (Wildman–Crippen LogP) is 7.63. The summed E-state index contributed by atoms with van der Waals surface area (Å²) in [5.41, 5.74) is 5.57. The molecule has 2 fully saturated rings. The molecule has 0 aromatic heterocycles. The second-order valence-corrected chi connectivity index (χ2v) is 17.0. The SMILES string of the molecule is CCS[C@@H]1O[C@H](COCc2cccc(CO[C@H]3[C@H](O)[C@@H](CO)O[C@H](OC)[C@@H]3OCc3ccccc3)c2)[C@@H](OCc2ccccc2)[C@H](OCc2ccccc2)[C@H]1OCc1ccccc1. The largest absolute Gasteiger partial charge is 0.394 e. The van der Waals surface area contributed by atoms with Crippen LogP contribution >= 0.6 is 11.8 Å². The first kappa shape index (κ1) is 47.0. The van der Waals surface area contributed by atoms with Crippen LogP contribution in [0.15, 0.2) is 146 Å². The molecule has 0 bridgehead atoms. The standard InChI is InChI=1S/C51H60O11S/c1-3-63-51-49(60-33-39-23-14-7-15-24-39)47(58-31-37-19-10-5-11-20-37)45(56-30-36-17-8-4-9-18-36)43(62-51)35-55-29-40-25-16-26-41(27-40)34-57-46-44(53)42(28-52)61-50(54-2)48(46)59-32-38-21-12-6-13-22-38/h4-27,42-53H,3,28-35H2,1-2H3/t42-,43-,44-,45-,46+,47+,48-,49-,50+,51+/m1/s1. The van der Waals surface area contributed by atoms with E-state index in [1.807, 2.05) is 121 Å². The molecule has 63 heavy (non-hydrogen) atoms. The van der Waals surface area contributed by atoms with E-state index in [1.54, 1.807) is 11.8 Å². The second kappa shape index (κ2) is 24.9. The van der Waals surface area contributed by atoms with E-state index in [1.165, 1.54) is 7.11 Å². The normalized spacial score (nSPS) is 26.1. The number of aliphatic hydroxyl groups is 2. The fourth-order valence-electron chi connectivity index (χ4n) is 7.84. The summed E-state index contributed by atoms with van der Waals surface area (Å²) in [7, 11) is 1.51. The Morgan fingerprint density at radius 2 is 0.937 bits per heavy atom. The van der Waals surface area contributed by atoms with Crippen LogP contribution in [-0.4, -0.2) is 96.8 Å². The first-order valence-corrected chi connectivity index (χ1v) is 22.7. The number of aliphatic hydroxyl groups excluding tert-OH is 2. The molecule has 2 aliphatic heterocycles. The highest BCUT2D eigenvalue weighted by Crippen LogP contribution is 2.36. The number of ether oxygens (including phenoxy) is 9. The van der Waals surface area contributed by atoms with Gasteiger partial charge in [0, 0.05) is 7.11 Å². The number of rotatable bonds is 23. The molecule has 2 N–H and O–H groups in total. The van der Waals surface area contributed by atoms with Crippen molar-refractivity contribution in [1.29, 1.82) is 0 Å². The molecule has 2 heterocycles. The molecule has 2 aliphatic rings. The molecule has 336 valence electrons. The maximum Gasteiger partial charge on any atom is 0.186 e. The van der Waals surface area contributed by atoms with Crippen molar-refractivity contribution in [1.82, 2.24) is 0 Å². The van der Waals surface area contributed by atoms with Crippen LogP contribution < -0.4 is 0 Å². The summed E-state index contributed by atoms with van der Waals surface area (Å²) in [5.74, 6) is 0.816. The van der Waals surface area contributed by atoms with Gasteiger partial charge < -0.3 is 52.8 Å². The van der Waals surface area contributed by atoms with Crippen LogP contribution in [0, 0.1) is 0 Å². The minimum Gasteiger partial charge on any atom is -0.394 e. The summed E-state index contributed by atoms with van der Waals surface area (Å²) >= 11 is 1.69. The summed E-state index contributed by atoms with van der Waals surface area (Å²) in [4.78, 5) is 0. The highest BCUT2D eigenvalue weighted by Gasteiger charge is 2.49. The number of hydrogen-bond acceptors (Lipinski definition) is 12. The summed E-state index contributed by atoms with van der Waals surface area (Å²) in [6, 6.07) is 48.0. The van der Waals surface area contributed by atoms with Crippen molar-refractivity contribution >= 4 is 11.8 Å². The number of benzene rings is 5. The first-order valence-electron chi connectivity index (χ1n) is 21.7. The molecule has 2 saturated heterocycles. The maximum atomic E-state index is 11.3. The number of thioether (sulfide) groups is 1. The molecule has 7 rings (SSSR count). The van der Waals surface area contributed by atoms with E-state index < -0.39 is 61.7 Å². The lowest BCUT2D eigenvalue weighted by Crippen LogP contribution is -2.60. The van der Waals surface area contributed by atoms with Crippen LogP contribution in [0.1, 0.15) is 40.3 Å². The summed E-state index contributed by atoms with van der Waals surface area (Å²) in [5, 5.41) is 21.3. The average Bonchev–Trinajstić information content (AvgIpc) is 3.33. The fraction of sp³-hybridized carbons (Fsp3) is 0.412. The molecule has 12 heteroatoms. The third-order valence-corrected chi connectivity index (χ3v) is 12.1. The Morgan fingerprint density at radius 3 is 1.44 bits per heavy atom. The lowest BCUT2D eigenvalue weighted by atomic mass is 9.98. The van der Waals surface area contributed by atoms with Crippen LogP contribution in [0.4, 0.5) is 0 Å². The lowest BCUT2D eigenvalue weighted by Gasteiger charge is -2.46. The monoisotopic (exact) mass is 880 g/mol. The van der Waals surface area contributed by atoms with Crippen LogP contribution in [0.5, 0.6) is 0 Å². The third-order valence-electron chi connectivity index (χ3n) is 11.1. The molecule has 0 saturated carbocycles. The Hall–Kier alpha value is -3.99. The quantitative estimate of drug-likeness (QED) is 0.0671. The molecule has 0 aliphatic carbocycles. The summed E-state index contributed by atoms with van der Waals surface area (Å²) in [6.07, 6.45) is -6.42. The number of hydrogen-bond donors (Lipinski definition) is 2. The van der Waals surface area contributed by atoms with Gasteiger partial charge in [-0.05, 0) is 39.1 Å². The van der Waals surface area contributed by atoms with Gasteiger partial charge in [-0.25, -0.2) is 0 Å². The van der Waals surface area contributed by atoms with Crippen molar-refractivity contribution in [2.24, 2.45) is 0 Å². The van der Waals surface area contributed by atoms with E-state index in [4.69, 9.17) is 42.6 Å². The van der Waals surface area contributed by atoms with E-state index in [0.29, 0.717) is 26.4 Å². The van der Waals surface area contributed by atoms with Gasteiger partial charge in [0.05, 0.1) is 52.9 Å². The van der Waals surface area contributed by atoms with E-state index in [-0.39, 0.29) is 25.3 Å². The van der Waals surface area contributed by atoms with E-state index in [2.05, 4.69) is 31.2 Å². The van der Waals surface area contributed by atoms with Gasteiger partial charge in [-0.3, -0.25) is 0 Å². The van der Waals surface area contributed by atoms with Crippen molar-refractivity contribution in [3.8, 4) is 0 Å². The van der Waals surface area contributed by atoms with Crippen molar-refractivity contribution in [2.45, 2.75) is 107 Å². The third kappa shape index (κ3) is 13.5. The molecular formula is C51H60O11S. The van der Waals surface area contributed by atoms with E-state index >= 15 is 0 Å². The Labute approximate surface area is 375 Å². The fourth-order valence-corrected chi connectivity index (χ4v) is 8.81. The zero-order valence-corrected chi connectivity index (χ0v) is 36.8. The molecule has 11 nitrogen and oxygen atoms in total. The van der Waals surface area contributed by atoms with Gasteiger partial charge >= 0.3 is 0 Å². The van der Waals surface area contributed by atoms with E-state index in [9.17, 15) is 10.2 Å². The molecule has 10 atom stereocenters. The first-order chi connectivity index (χ1) is 31.0. The van der Waals surface area contributed by atoms with E-state index in [0.717, 1.165) is 39.1 Å². The molecule has 0 amide bonds. The maximum absolute atomic E-state index is 11.3. The zero-order chi connectivity index (χ0) is 43.6. The molecule has 0 spiro atoms. The van der Waals surface area contributed by atoms with Gasteiger partial charge in [-0.1, -0.05) is 153 Å². The Balaban J connectivity index is 1.05. The van der Waals surface area contributed by atoms with Gasteiger partial charge in [0.1, 0.15) is 54.3 Å². The minimum atomic E-state index is -1.15. The second-order valence-electron chi connectivity index (χ2n) is 15.6. The topological polar surface area (TPSA) is 124 Å². The van der Waals surface area contributed by atoms with Crippen LogP contribution in [0.3, 0.4) is 0 Å². The van der Waals surface area contributed by atoms with Gasteiger partial charge in [-0.2, -0.15) is 0 Å². The zero-order valence-electron chi connectivity index (χ0n) is 36.0. The smallest absolute Gasteiger partial charge is 0.186 e. The van der Waals surface area contributed by atoms with Crippen molar-refractivity contribution in [3.63, 3.8) is 0 Å². The molecule has 0 unspecified atom stereocenters. The van der Waals surface area contributed by atoms with Crippen LogP contribution in [-0.2, 0) is 82.3 Å². The van der Waals surface area contributed by atoms with Gasteiger partial charge in [0.15, 0.2) is 6.29 Å². The molecule has 5 aromatic rings. The highest BCUT2D eigenvalue weighted by atomic mass is 32.2. The Kier molecular flexibility index (Phi) is 18.6. The molecule has 5 aromatic carbocycles. The van der Waals surface area contributed by atoms with Crippen molar-refractivity contribution in [3.05, 3.63) is 179 Å². The van der Waals surface area contributed by atoms with Gasteiger partial charge in [0.2, 0.25) is 0 Å². The highest BCUT2D eigenvalue weighted by molar-refractivity contribution is 7.99. The Morgan fingerprint density at radius 1 is 0.492 bits per heavy atom. The molecule has 0 radical (unpaired) electrons. The predicted molar refractivity (Wildman–Crippen MR) is 240 cm³/mol. The average molecular weight is 881 g/mol. The van der Waals surface area contributed by atoms with Crippen LogP contribution in [0.2, 0.25) is 0 Å². The minimum absolute atomic E-state index is 0.164. The van der Waals surface area contributed by atoms with Gasteiger partial charge in [-0.15, -0.1) is 11.8 Å². The van der Waals surface area contributed by atoms with Crippen LogP contribution in [0.25, 0.3) is 0 Å². The number of methoxy groups -OCH3 is 1. The van der Waals surface area contributed by atoms with Gasteiger partial charge in [0.25, 0.3) is 0 Å². The lowest BCUT2D eigenvalue weighted by molar-refractivity contribution is -0.314. The van der Waals surface area contributed by atoms with Crippen molar-refractivity contribution < 1.29 is 52.8 Å².